The predicted molar refractivity (Wildman–Crippen MR) is 365 cm³/mol. The molecule has 14 aromatic carbocycles. The fraction of sp³-hybridized carbons (Fsp3) is 0.0244. The molecule has 0 fully saturated rings. The number of benzene rings is 14. The van der Waals surface area contributed by atoms with Crippen molar-refractivity contribution < 1.29 is 0 Å². The largest absolute Gasteiger partial charge is 0.313 e. The molecule has 0 saturated carbocycles. The van der Waals surface area contributed by atoms with Gasteiger partial charge in [-0.25, -0.2) is 0 Å². The van der Waals surface area contributed by atoms with E-state index in [1.165, 1.54) is 98.6 Å². The van der Waals surface area contributed by atoms with Gasteiger partial charge in [-0.15, -0.1) is 0 Å². The summed E-state index contributed by atoms with van der Waals surface area (Å²) in [5, 5.41) is 12.1. The maximum atomic E-state index is 2.44. The Morgan fingerprint density at radius 3 is 1.00 bits per heavy atom. The van der Waals surface area contributed by atoms with E-state index < -0.39 is 0 Å². The minimum Gasteiger partial charge on any atom is -0.313 e. The average molecular weight is 1100 g/mol. The molecule has 2 aromatic heterocycles. The van der Waals surface area contributed by atoms with Crippen molar-refractivity contribution in [3.8, 4) is 44.8 Å². The molecule has 2 heterocycles. The summed E-state index contributed by atoms with van der Waals surface area (Å²) in [6.07, 6.45) is 0. The van der Waals surface area contributed by atoms with E-state index in [-0.39, 0.29) is 0 Å². The number of nitrogens with zero attached hydrogens (tertiary/aromatic N) is 4. The van der Waals surface area contributed by atoms with E-state index in [1.54, 1.807) is 0 Å². The lowest BCUT2D eigenvalue weighted by Crippen LogP contribution is -2.10. The molecule has 4 heteroatoms. The zero-order valence-corrected chi connectivity index (χ0v) is 47.8. The minimum atomic E-state index is 1.09. The fourth-order valence-electron chi connectivity index (χ4n) is 13.6. The van der Waals surface area contributed by atoms with E-state index in [2.05, 4.69) is 348 Å². The highest BCUT2D eigenvalue weighted by Gasteiger charge is 2.23. The van der Waals surface area contributed by atoms with Gasteiger partial charge in [0.25, 0.3) is 0 Å². The van der Waals surface area contributed by atoms with Crippen LogP contribution in [0, 0.1) is 13.8 Å². The van der Waals surface area contributed by atoms with Crippen LogP contribution in [0.5, 0.6) is 0 Å². The number of hydrogen-bond acceptors (Lipinski definition) is 2. The average Bonchev–Trinajstić information content (AvgIpc) is 1.96. The Balaban J connectivity index is 0.802. The van der Waals surface area contributed by atoms with Crippen molar-refractivity contribution >= 4 is 99.0 Å². The van der Waals surface area contributed by atoms with Gasteiger partial charge in [-0.05, 0) is 178 Å². The molecule has 0 atom stereocenters. The van der Waals surface area contributed by atoms with Crippen LogP contribution in [-0.4, -0.2) is 9.13 Å². The zero-order chi connectivity index (χ0) is 57.2. The molecular weight excluding hydrogens is 1040 g/mol. The third-order valence-corrected chi connectivity index (χ3v) is 17.6. The summed E-state index contributed by atoms with van der Waals surface area (Å²) in [5.74, 6) is 0. The van der Waals surface area contributed by atoms with Crippen LogP contribution in [0.2, 0.25) is 0 Å². The van der Waals surface area contributed by atoms with E-state index >= 15 is 0 Å². The zero-order valence-electron chi connectivity index (χ0n) is 47.8. The van der Waals surface area contributed by atoms with Gasteiger partial charge in [-0.1, -0.05) is 206 Å². The van der Waals surface area contributed by atoms with Crippen molar-refractivity contribution in [2.24, 2.45) is 0 Å². The van der Waals surface area contributed by atoms with E-state index in [0.29, 0.717) is 0 Å². The first kappa shape index (κ1) is 50.5. The van der Waals surface area contributed by atoms with Crippen molar-refractivity contribution in [2.45, 2.75) is 13.8 Å². The van der Waals surface area contributed by atoms with Crippen LogP contribution < -0.4 is 9.80 Å². The molecule has 16 rings (SSSR count). The van der Waals surface area contributed by atoms with E-state index in [1.807, 2.05) is 0 Å². The molecule has 0 spiro atoms. The van der Waals surface area contributed by atoms with Crippen LogP contribution >= 0.6 is 0 Å². The van der Waals surface area contributed by atoms with Crippen molar-refractivity contribution in [1.29, 1.82) is 0 Å². The molecule has 16 aromatic rings. The lowest BCUT2D eigenvalue weighted by Gasteiger charge is -2.27. The summed E-state index contributed by atoms with van der Waals surface area (Å²) in [4.78, 5) is 4.81. The second-order valence-corrected chi connectivity index (χ2v) is 22.6. The molecule has 0 radical (unpaired) electrons. The van der Waals surface area contributed by atoms with Crippen LogP contribution in [0.4, 0.5) is 34.1 Å². The van der Waals surface area contributed by atoms with Crippen molar-refractivity contribution in [3.05, 3.63) is 327 Å². The summed E-state index contributed by atoms with van der Waals surface area (Å²) in [7, 11) is 0. The molecule has 0 aliphatic heterocycles. The summed E-state index contributed by atoms with van der Waals surface area (Å²) >= 11 is 0. The lowest BCUT2D eigenvalue weighted by molar-refractivity contribution is 1.05. The Kier molecular flexibility index (Phi) is 12.3. The van der Waals surface area contributed by atoms with Gasteiger partial charge >= 0.3 is 0 Å². The monoisotopic (exact) mass is 1100 g/mol. The van der Waals surface area contributed by atoms with E-state index in [0.717, 1.165) is 56.5 Å². The number of aromatic nitrogens is 2. The van der Waals surface area contributed by atoms with Gasteiger partial charge in [0.1, 0.15) is 0 Å². The summed E-state index contributed by atoms with van der Waals surface area (Å²) < 4.78 is 4.89. The molecule has 0 aliphatic rings. The molecular formula is C82H58N4. The Bertz CT molecular complexity index is 4910. The topological polar surface area (TPSA) is 16.3 Å². The molecule has 86 heavy (non-hydrogen) atoms. The van der Waals surface area contributed by atoms with Gasteiger partial charge in [-0.2, -0.15) is 0 Å². The second kappa shape index (κ2) is 20.9. The number of anilines is 6. The summed E-state index contributed by atoms with van der Waals surface area (Å²) in [5.41, 5.74) is 20.8. The second-order valence-electron chi connectivity index (χ2n) is 22.6. The highest BCUT2D eigenvalue weighted by atomic mass is 15.2. The maximum absolute atomic E-state index is 2.44. The first-order chi connectivity index (χ1) is 42.5. The van der Waals surface area contributed by atoms with Crippen molar-refractivity contribution in [2.75, 3.05) is 9.80 Å². The number of fused-ring (bicyclic) bond motifs is 6. The first-order valence-electron chi connectivity index (χ1n) is 29.6. The molecule has 0 saturated heterocycles. The highest BCUT2D eigenvalue weighted by molar-refractivity contribution is 6.06. The van der Waals surface area contributed by atoms with Gasteiger partial charge in [0.15, 0.2) is 0 Å². The van der Waals surface area contributed by atoms with Gasteiger partial charge in [0, 0.05) is 78.2 Å². The van der Waals surface area contributed by atoms with Crippen molar-refractivity contribution in [1.82, 2.24) is 9.13 Å². The Morgan fingerprint density at radius 1 is 0.233 bits per heavy atom. The standard InChI is InChI=1S/C82H58N4/c1-55-81(61-23-5-3-6-24-61)75-53-65(37-49-79(75)83(55)67-41-45-69(46-42-67)85(71-39-35-57-19-9-11-27-63(57)51-71)77-33-17-29-59-21-13-15-31-73(59)77)66-38-50-80-76(54-66)82(62-25-7-4-8-26-62)56(2)84(80)68-43-47-70(48-44-68)86(72-40-36-58-20-10-12-28-64(58)52-72)78-34-18-30-60-22-14-16-32-74(60)78/h3-54H,1-2H3. The molecule has 0 unspecified atom stereocenters. The quantitative estimate of drug-likeness (QED) is 0.128. The SMILES string of the molecule is Cc1c(-c2ccccc2)c2cc(-c3ccc4c(c3)c(-c3ccccc3)c(C)n4-c3ccc(N(c4ccc5ccccc5c4)c4cccc5ccccc45)cc3)ccc2n1-c1ccc(N(c2ccc3ccccc3c2)c2cccc3ccccc23)cc1. The number of hydrogen-bond donors (Lipinski definition) is 0. The fourth-order valence-corrected chi connectivity index (χ4v) is 13.6. The van der Waals surface area contributed by atoms with E-state index in [4.69, 9.17) is 0 Å². The molecule has 0 aliphatic carbocycles. The molecule has 0 bridgehead atoms. The third kappa shape index (κ3) is 8.61. The van der Waals surface area contributed by atoms with Crippen molar-refractivity contribution in [3.63, 3.8) is 0 Å². The van der Waals surface area contributed by atoms with Gasteiger partial charge in [0.2, 0.25) is 0 Å². The minimum absolute atomic E-state index is 1.09. The highest BCUT2D eigenvalue weighted by Crippen LogP contribution is 2.46. The van der Waals surface area contributed by atoms with Crippen LogP contribution in [0.3, 0.4) is 0 Å². The van der Waals surface area contributed by atoms with E-state index in [9.17, 15) is 0 Å². The first-order valence-corrected chi connectivity index (χ1v) is 29.6. The normalized spacial score (nSPS) is 11.6. The molecule has 0 amide bonds. The smallest absolute Gasteiger partial charge is 0.0540 e. The van der Waals surface area contributed by atoms with Crippen LogP contribution in [0.15, 0.2) is 315 Å². The van der Waals surface area contributed by atoms with Crippen LogP contribution in [0.1, 0.15) is 11.4 Å². The summed E-state index contributed by atoms with van der Waals surface area (Å²) in [6.45, 7) is 4.54. The Hall–Kier alpha value is -11.2. The molecule has 0 N–H and O–H groups in total. The van der Waals surface area contributed by atoms with Crippen LogP contribution in [-0.2, 0) is 0 Å². The Morgan fingerprint density at radius 2 is 0.581 bits per heavy atom. The molecule has 406 valence electrons. The number of rotatable bonds is 11. The lowest BCUT2D eigenvalue weighted by atomic mass is 9.96. The predicted octanol–water partition coefficient (Wildman–Crippen LogP) is 22.7. The molecule has 4 nitrogen and oxygen atoms in total. The van der Waals surface area contributed by atoms with Gasteiger partial charge < -0.3 is 18.9 Å². The van der Waals surface area contributed by atoms with Crippen LogP contribution in [0.25, 0.3) is 110 Å². The summed E-state index contributed by atoms with van der Waals surface area (Å²) in [6, 6.07) is 116. The van der Waals surface area contributed by atoms with Gasteiger partial charge in [0.05, 0.1) is 22.4 Å². The maximum Gasteiger partial charge on any atom is 0.0540 e. The third-order valence-electron chi connectivity index (χ3n) is 17.6. The Labute approximate surface area is 500 Å². The van der Waals surface area contributed by atoms with Gasteiger partial charge in [-0.3, -0.25) is 0 Å².